The number of nitrogens with one attached hydrogen (secondary N) is 1. The summed E-state index contributed by atoms with van der Waals surface area (Å²) in [5, 5.41) is 12.9. The van der Waals surface area contributed by atoms with Crippen molar-refractivity contribution >= 4 is 0 Å². The summed E-state index contributed by atoms with van der Waals surface area (Å²) in [7, 11) is 0. The van der Waals surface area contributed by atoms with E-state index < -0.39 is 0 Å². The Balaban J connectivity index is 1.95. The molecular weight excluding hydrogens is 224 g/mol. The minimum absolute atomic E-state index is 0.299. The maximum Gasteiger partial charge on any atom is 0.115 e. The number of phenols is 1. The van der Waals surface area contributed by atoms with Crippen molar-refractivity contribution in [3.05, 3.63) is 29.8 Å². The maximum atomic E-state index is 9.29. The Bertz CT molecular complexity index is 380. The number of benzene rings is 1. The van der Waals surface area contributed by atoms with Crippen molar-refractivity contribution in [3.63, 3.8) is 0 Å². The fraction of sp³-hybridized carbons (Fsp3) is 0.600. The Morgan fingerprint density at radius 1 is 1.28 bits per heavy atom. The number of hydrogen-bond donors (Lipinski definition) is 2. The zero-order valence-corrected chi connectivity index (χ0v) is 11.6. The van der Waals surface area contributed by atoms with Crippen LogP contribution in [0.25, 0.3) is 0 Å². The quantitative estimate of drug-likeness (QED) is 0.842. The molecule has 0 bridgehead atoms. The molecule has 18 heavy (non-hydrogen) atoms. The standard InChI is InChI=1S/C15H24N2O/c1-15(2,3)14-11-17(9-8-16-14)10-12-4-6-13(18)7-5-12/h4-7,14,16,18H,8-11H2,1-3H3. The third kappa shape index (κ3) is 3.47. The average molecular weight is 248 g/mol. The highest BCUT2D eigenvalue weighted by atomic mass is 16.3. The van der Waals surface area contributed by atoms with Crippen molar-refractivity contribution in [1.82, 2.24) is 10.2 Å². The van der Waals surface area contributed by atoms with Crippen LogP contribution in [0.5, 0.6) is 5.75 Å². The topological polar surface area (TPSA) is 35.5 Å². The van der Waals surface area contributed by atoms with Crippen LogP contribution in [-0.4, -0.2) is 35.7 Å². The predicted octanol–water partition coefficient (Wildman–Crippen LogP) is 2.21. The van der Waals surface area contributed by atoms with Crippen LogP contribution in [0.2, 0.25) is 0 Å². The number of piperazine rings is 1. The molecule has 2 rings (SSSR count). The number of aromatic hydroxyl groups is 1. The molecule has 1 heterocycles. The van der Waals surface area contributed by atoms with E-state index in [2.05, 4.69) is 31.0 Å². The second kappa shape index (κ2) is 5.29. The normalized spacial score (nSPS) is 22.1. The number of rotatable bonds is 2. The number of phenolic OH excluding ortho intramolecular Hbond substituents is 1. The zero-order chi connectivity index (χ0) is 13.2. The van der Waals surface area contributed by atoms with Gasteiger partial charge in [0, 0.05) is 32.2 Å². The summed E-state index contributed by atoms with van der Waals surface area (Å²) in [5.41, 5.74) is 1.57. The van der Waals surface area contributed by atoms with E-state index in [9.17, 15) is 5.11 Å². The lowest BCUT2D eigenvalue weighted by atomic mass is 9.85. The molecule has 0 saturated carbocycles. The van der Waals surface area contributed by atoms with Crippen molar-refractivity contribution in [1.29, 1.82) is 0 Å². The zero-order valence-electron chi connectivity index (χ0n) is 11.6. The minimum Gasteiger partial charge on any atom is -0.508 e. The Morgan fingerprint density at radius 2 is 1.94 bits per heavy atom. The second-order valence-corrected chi connectivity index (χ2v) is 6.27. The van der Waals surface area contributed by atoms with Gasteiger partial charge in [0.05, 0.1) is 0 Å². The second-order valence-electron chi connectivity index (χ2n) is 6.27. The number of nitrogens with zero attached hydrogens (tertiary/aromatic N) is 1. The fourth-order valence-electron chi connectivity index (χ4n) is 2.39. The molecule has 0 radical (unpaired) electrons. The van der Waals surface area contributed by atoms with E-state index in [1.54, 1.807) is 12.1 Å². The van der Waals surface area contributed by atoms with Gasteiger partial charge in [0.1, 0.15) is 5.75 Å². The Hall–Kier alpha value is -1.06. The summed E-state index contributed by atoms with van der Waals surface area (Å²) in [6, 6.07) is 8.08. The lowest BCUT2D eigenvalue weighted by molar-refractivity contribution is 0.129. The molecular formula is C15H24N2O. The Labute approximate surface area is 110 Å². The van der Waals surface area contributed by atoms with Gasteiger partial charge >= 0.3 is 0 Å². The summed E-state index contributed by atoms with van der Waals surface area (Å²) in [5.74, 6) is 0.339. The molecule has 1 saturated heterocycles. The van der Waals surface area contributed by atoms with Gasteiger partial charge in [0.15, 0.2) is 0 Å². The van der Waals surface area contributed by atoms with E-state index in [0.29, 0.717) is 17.2 Å². The van der Waals surface area contributed by atoms with Crippen molar-refractivity contribution in [2.24, 2.45) is 5.41 Å². The molecule has 1 fully saturated rings. The molecule has 3 nitrogen and oxygen atoms in total. The van der Waals surface area contributed by atoms with E-state index in [0.717, 1.165) is 26.2 Å². The van der Waals surface area contributed by atoms with Crippen molar-refractivity contribution in [3.8, 4) is 5.75 Å². The molecule has 1 aromatic carbocycles. The summed E-state index contributed by atoms with van der Waals surface area (Å²) >= 11 is 0. The highest BCUT2D eigenvalue weighted by Gasteiger charge is 2.28. The molecule has 3 heteroatoms. The maximum absolute atomic E-state index is 9.29. The van der Waals surface area contributed by atoms with Gasteiger partial charge in [-0.25, -0.2) is 0 Å². The predicted molar refractivity (Wildman–Crippen MR) is 74.6 cm³/mol. The summed E-state index contributed by atoms with van der Waals surface area (Å²) in [6.45, 7) is 11.1. The number of hydrogen-bond acceptors (Lipinski definition) is 3. The molecule has 0 spiro atoms. The van der Waals surface area contributed by atoms with Gasteiger partial charge in [0.25, 0.3) is 0 Å². The van der Waals surface area contributed by atoms with E-state index in [1.807, 2.05) is 12.1 Å². The van der Waals surface area contributed by atoms with Gasteiger partial charge in [-0.05, 0) is 23.1 Å². The molecule has 2 N–H and O–H groups in total. The minimum atomic E-state index is 0.299. The van der Waals surface area contributed by atoms with E-state index in [1.165, 1.54) is 5.56 Å². The third-order valence-electron chi connectivity index (χ3n) is 3.65. The first-order chi connectivity index (χ1) is 8.45. The smallest absolute Gasteiger partial charge is 0.115 e. The summed E-state index contributed by atoms with van der Waals surface area (Å²) in [6.07, 6.45) is 0. The molecule has 0 amide bonds. The SMILES string of the molecule is CC(C)(C)C1CN(Cc2ccc(O)cc2)CCN1. The van der Waals surface area contributed by atoms with Gasteiger partial charge < -0.3 is 10.4 Å². The first-order valence-electron chi connectivity index (χ1n) is 6.69. The molecule has 0 aliphatic carbocycles. The van der Waals surface area contributed by atoms with E-state index in [4.69, 9.17) is 0 Å². The van der Waals surface area contributed by atoms with Gasteiger partial charge in [-0.3, -0.25) is 4.90 Å². The molecule has 1 aliphatic heterocycles. The van der Waals surface area contributed by atoms with Crippen LogP contribution < -0.4 is 5.32 Å². The van der Waals surface area contributed by atoms with Crippen LogP contribution >= 0.6 is 0 Å². The lowest BCUT2D eigenvalue weighted by Gasteiger charge is -2.40. The monoisotopic (exact) mass is 248 g/mol. The first kappa shape index (κ1) is 13.4. The van der Waals surface area contributed by atoms with E-state index in [-0.39, 0.29) is 0 Å². The van der Waals surface area contributed by atoms with Crippen molar-refractivity contribution in [2.45, 2.75) is 33.4 Å². The summed E-state index contributed by atoms with van der Waals surface area (Å²) < 4.78 is 0. The third-order valence-corrected chi connectivity index (χ3v) is 3.65. The van der Waals surface area contributed by atoms with E-state index >= 15 is 0 Å². The van der Waals surface area contributed by atoms with Gasteiger partial charge in [-0.15, -0.1) is 0 Å². The van der Waals surface area contributed by atoms with Gasteiger partial charge in [0.2, 0.25) is 0 Å². The Kier molecular flexibility index (Phi) is 3.93. The largest absolute Gasteiger partial charge is 0.508 e. The highest BCUT2D eigenvalue weighted by molar-refractivity contribution is 5.25. The molecule has 1 aliphatic rings. The summed E-state index contributed by atoms with van der Waals surface area (Å²) in [4.78, 5) is 2.48. The van der Waals surface area contributed by atoms with Crippen LogP contribution in [0.4, 0.5) is 0 Å². The molecule has 1 atom stereocenters. The van der Waals surface area contributed by atoms with Crippen molar-refractivity contribution in [2.75, 3.05) is 19.6 Å². The van der Waals surface area contributed by atoms with Crippen LogP contribution in [-0.2, 0) is 6.54 Å². The highest BCUT2D eigenvalue weighted by Crippen LogP contribution is 2.22. The molecule has 0 aromatic heterocycles. The molecule has 1 unspecified atom stereocenters. The Morgan fingerprint density at radius 3 is 2.56 bits per heavy atom. The fourth-order valence-corrected chi connectivity index (χ4v) is 2.39. The van der Waals surface area contributed by atoms with Gasteiger partial charge in [-0.1, -0.05) is 32.9 Å². The van der Waals surface area contributed by atoms with Crippen LogP contribution in [0.3, 0.4) is 0 Å². The van der Waals surface area contributed by atoms with Crippen molar-refractivity contribution < 1.29 is 5.11 Å². The first-order valence-corrected chi connectivity index (χ1v) is 6.69. The molecule has 1 aromatic rings. The average Bonchev–Trinajstić information content (AvgIpc) is 2.31. The van der Waals surface area contributed by atoms with Crippen LogP contribution in [0, 0.1) is 5.41 Å². The lowest BCUT2D eigenvalue weighted by Crippen LogP contribution is -2.55. The van der Waals surface area contributed by atoms with Gasteiger partial charge in [-0.2, -0.15) is 0 Å². The molecule has 100 valence electrons. The van der Waals surface area contributed by atoms with Crippen LogP contribution in [0.15, 0.2) is 24.3 Å². The van der Waals surface area contributed by atoms with Crippen LogP contribution in [0.1, 0.15) is 26.3 Å².